The van der Waals surface area contributed by atoms with E-state index >= 15 is 0 Å². The van der Waals surface area contributed by atoms with Crippen LogP contribution in [0.15, 0.2) is 48.5 Å². The third-order valence-electron chi connectivity index (χ3n) is 3.67. The van der Waals surface area contributed by atoms with Gasteiger partial charge in [0.15, 0.2) is 0 Å². The number of benzene rings is 2. The van der Waals surface area contributed by atoms with Gasteiger partial charge < -0.3 is 20.5 Å². The molecule has 110 valence electrons. The van der Waals surface area contributed by atoms with Crippen LogP contribution in [-0.2, 0) is 6.61 Å². The molecule has 0 saturated carbocycles. The van der Waals surface area contributed by atoms with Gasteiger partial charge in [-0.15, -0.1) is 0 Å². The molecular weight excluding hydrogens is 264 g/mol. The first kappa shape index (κ1) is 13.9. The van der Waals surface area contributed by atoms with Crippen LogP contribution in [0.25, 0.3) is 0 Å². The maximum atomic E-state index is 10.2. The SMILES string of the molecule is Oc1cc(OCc2ccccc2)ccc1[C@H]1CNCCN1. The lowest BCUT2D eigenvalue weighted by atomic mass is 10.0. The van der Waals surface area contributed by atoms with E-state index in [1.165, 1.54) is 0 Å². The van der Waals surface area contributed by atoms with Gasteiger partial charge in [-0.25, -0.2) is 0 Å². The zero-order valence-electron chi connectivity index (χ0n) is 11.9. The Hall–Kier alpha value is -2.04. The number of hydrogen-bond acceptors (Lipinski definition) is 4. The van der Waals surface area contributed by atoms with Crippen LogP contribution in [0.2, 0.25) is 0 Å². The second kappa shape index (κ2) is 6.61. The first-order valence-electron chi connectivity index (χ1n) is 7.26. The smallest absolute Gasteiger partial charge is 0.124 e. The Bertz CT molecular complexity index is 581. The molecule has 1 atom stereocenters. The van der Waals surface area contributed by atoms with Crippen molar-refractivity contribution >= 4 is 0 Å². The summed E-state index contributed by atoms with van der Waals surface area (Å²) in [6.07, 6.45) is 0. The fourth-order valence-electron chi connectivity index (χ4n) is 2.52. The molecule has 0 radical (unpaired) electrons. The molecule has 4 heteroatoms. The van der Waals surface area contributed by atoms with Crippen molar-refractivity contribution in [3.63, 3.8) is 0 Å². The molecule has 1 fully saturated rings. The van der Waals surface area contributed by atoms with Gasteiger partial charge in [-0.1, -0.05) is 36.4 Å². The highest BCUT2D eigenvalue weighted by Gasteiger charge is 2.17. The van der Waals surface area contributed by atoms with Gasteiger partial charge in [0, 0.05) is 37.3 Å². The monoisotopic (exact) mass is 284 g/mol. The van der Waals surface area contributed by atoms with Gasteiger partial charge in [0.05, 0.1) is 0 Å². The molecule has 3 N–H and O–H groups in total. The van der Waals surface area contributed by atoms with Gasteiger partial charge in [-0.2, -0.15) is 0 Å². The molecule has 1 heterocycles. The quantitative estimate of drug-likeness (QED) is 0.806. The van der Waals surface area contributed by atoms with E-state index in [0.29, 0.717) is 12.4 Å². The average Bonchev–Trinajstić information content (AvgIpc) is 2.55. The lowest BCUT2D eigenvalue weighted by Crippen LogP contribution is -2.42. The summed E-state index contributed by atoms with van der Waals surface area (Å²) < 4.78 is 5.72. The molecule has 0 aromatic heterocycles. The number of hydrogen-bond donors (Lipinski definition) is 3. The predicted molar refractivity (Wildman–Crippen MR) is 82.5 cm³/mol. The molecule has 21 heavy (non-hydrogen) atoms. The first-order chi connectivity index (χ1) is 10.3. The zero-order valence-corrected chi connectivity index (χ0v) is 11.9. The summed E-state index contributed by atoms with van der Waals surface area (Å²) in [6.45, 7) is 3.21. The van der Waals surface area contributed by atoms with Crippen molar-refractivity contribution in [3.8, 4) is 11.5 Å². The summed E-state index contributed by atoms with van der Waals surface area (Å²) in [7, 11) is 0. The molecule has 0 unspecified atom stereocenters. The molecule has 0 aliphatic carbocycles. The van der Waals surface area contributed by atoms with Crippen molar-refractivity contribution in [2.75, 3.05) is 19.6 Å². The van der Waals surface area contributed by atoms with Crippen LogP contribution in [0.3, 0.4) is 0 Å². The second-order valence-corrected chi connectivity index (χ2v) is 5.21. The minimum absolute atomic E-state index is 0.155. The van der Waals surface area contributed by atoms with Crippen LogP contribution in [0.4, 0.5) is 0 Å². The van der Waals surface area contributed by atoms with Gasteiger partial charge in [0.25, 0.3) is 0 Å². The van der Waals surface area contributed by atoms with Crippen molar-refractivity contribution in [2.45, 2.75) is 12.6 Å². The standard InChI is InChI=1S/C17H20N2O2/c20-17-10-14(21-12-13-4-2-1-3-5-13)6-7-15(17)16-11-18-8-9-19-16/h1-7,10,16,18-20H,8-9,11-12H2/t16-/m1/s1. The van der Waals surface area contributed by atoms with Crippen molar-refractivity contribution < 1.29 is 9.84 Å². The summed E-state index contributed by atoms with van der Waals surface area (Å²) >= 11 is 0. The van der Waals surface area contributed by atoms with E-state index in [9.17, 15) is 5.11 Å². The van der Waals surface area contributed by atoms with Gasteiger partial charge in [0.1, 0.15) is 18.1 Å². The molecule has 1 aliphatic heterocycles. The Morgan fingerprint density at radius 3 is 2.67 bits per heavy atom. The molecule has 0 bridgehead atoms. The maximum absolute atomic E-state index is 10.2. The Morgan fingerprint density at radius 2 is 1.95 bits per heavy atom. The second-order valence-electron chi connectivity index (χ2n) is 5.21. The van der Waals surface area contributed by atoms with E-state index in [1.54, 1.807) is 6.07 Å². The fourth-order valence-corrected chi connectivity index (χ4v) is 2.52. The van der Waals surface area contributed by atoms with E-state index in [0.717, 1.165) is 30.8 Å². The summed E-state index contributed by atoms with van der Waals surface area (Å²) in [5, 5.41) is 16.9. The van der Waals surface area contributed by atoms with Crippen LogP contribution < -0.4 is 15.4 Å². The molecule has 1 aliphatic rings. The number of ether oxygens (including phenoxy) is 1. The molecule has 0 spiro atoms. The summed E-state index contributed by atoms with van der Waals surface area (Å²) in [5.74, 6) is 0.964. The Labute approximate surface area is 124 Å². The topological polar surface area (TPSA) is 53.5 Å². The number of aromatic hydroxyl groups is 1. The minimum Gasteiger partial charge on any atom is -0.507 e. The Kier molecular flexibility index (Phi) is 4.38. The van der Waals surface area contributed by atoms with Crippen molar-refractivity contribution in [2.24, 2.45) is 0 Å². The molecular formula is C17H20N2O2. The molecule has 0 amide bonds. The summed E-state index contributed by atoms with van der Waals surface area (Å²) in [5.41, 5.74) is 2.02. The molecule has 2 aromatic rings. The lowest BCUT2D eigenvalue weighted by Gasteiger charge is -2.25. The van der Waals surface area contributed by atoms with Crippen LogP contribution in [0.1, 0.15) is 17.2 Å². The average molecular weight is 284 g/mol. The van der Waals surface area contributed by atoms with Crippen LogP contribution in [-0.4, -0.2) is 24.7 Å². The third kappa shape index (κ3) is 3.54. The highest BCUT2D eigenvalue weighted by molar-refractivity contribution is 5.42. The predicted octanol–water partition coefficient (Wildman–Crippen LogP) is 2.21. The van der Waals surface area contributed by atoms with E-state index in [4.69, 9.17) is 4.74 Å². The molecule has 1 saturated heterocycles. The van der Waals surface area contributed by atoms with Gasteiger partial charge >= 0.3 is 0 Å². The minimum atomic E-state index is 0.155. The van der Waals surface area contributed by atoms with Gasteiger partial charge in [0.2, 0.25) is 0 Å². The highest BCUT2D eigenvalue weighted by atomic mass is 16.5. The number of piperazine rings is 1. The Balaban J connectivity index is 1.66. The molecule has 4 nitrogen and oxygen atoms in total. The van der Waals surface area contributed by atoms with E-state index in [-0.39, 0.29) is 11.8 Å². The van der Waals surface area contributed by atoms with E-state index in [1.807, 2.05) is 42.5 Å². The first-order valence-corrected chi connectivity index (χ1v) is 7.26. The van der Waals surface area contributed by atoms with E-state index < -0.39 is 0 Å². The number of rotatable bonds is 4. The van der Waals surface area contributed by atoms with Gasteiger partial charge in [-0.05, 0) is 11.6 Å². The van der Waals surface area contributed by atoms with Crippen molar-refractivity contribution in [3.05, 3.63) is 59.7 Å². The number of phenolic OH excluding ortho intramolecular Hbond substituents is 1. The number of phenols is 1. The summed E-state index contributed by atoms with van der Waals surface area (Å²) in [4.78, 5) is 0. The Morgan fingerprint density at radius 1 is 1.10 bits per heavy atom. The third-order valence-corrected chi connectivity index (χ3v) is 3.67. The highest BCUT2D eigenvalue weighted by Crippen LogP contribution is 2.29. The van der Waals surface area contributed by atoms with Crippen LogP contribution in [0.5, 0.6) is 11.5 Å². The molecule has 2 aromatic carbocycles. The van der Waals surface area contributed by atoms with Crippen LogP contribution >= 0.6 is 0 Å². The normalized spacial score (nSPS) is 18.4. The summed E-state index contributed by atoms with van der Waals surface area (Å²) in [6, 6.07) is 15.7. The largest absolute Gasteiger partial charge is 0.507 e. The van der Waals surface area contributed by atoms with E-state index in [2.05, 4.69) is 10.6 Å². The molecule has 3 rings (SSSR count). The van der Waals surface area contributed by atoms with Crippen molar-refractivity contribution in [1.29, 1.82) is 0 Å². The van der Waals surface area contributed by atoms with Gasteiger partial charge in [-0.3, -0.25) is 0 Å². The van der Waals surface area contributed by atoms with Crippen molar-refractivity contribution in [1.82, 2.24) is 10.6 Å². The lowest BCUT2D eigenvalue weighted by molar-refractivity contribution is 0.303. The van der Waals surface area contributed by atoms with Crippen LogP contribution in [0, 0.1) is 0 Å². The zero-order chi connectivity index (χ0) is 14.5. The fraction of sp³-hybridized carbons (Fsp3) is 0.294. The maximum Gasteiger partial charge on any atom is 0.124 e. The number of nitrogens with one attached hydrogen (secondary N) is 2.